The molecule has 0 heterocycles. The summed E-state index contributed by atoms with van der Waals surface area (Å²) in [7, 11) is 0. The van der Waals surface area contributed by atoms with Gasteiger partial charge in [0.15, 0.2) is 11.6 Å². The van der Waals surface area contributed by atoms with Crippen LogP contribution in [0, 0.1) is 11.6 Å². The molecule has 1 aromatic carbocycles. The SMILES string of the molecule is CCCCC/C=C\C/C=C\CCCCCCC(=O)O/N=C/c1ccc(F)c(F)c1. The highest BCUT2D eigenvalue weighted by molar-refractivity contribution is 5.80. The summed E-state index contributed by atoms with van der Waals surface area (Å²) in [6, 6.07) is 3.35. The second kappa shape index (κ2) is 16.6. The lowest BCUT2D eigenvalue weighted by Gasteiger charge is -1.99. The minimum Gasteiger partial charge on any atom is -0.318 e. The minimum absolute atomic E-state index is 0.299. The predicted molar refractivity (Wildman–Crippen MR) is 115 cm³/mol. The Balaban J connectivity index is 1.99. The van der Waals surface area contributed by atoms with Crippen molar-refractivity contribution in [1.29, 1.82) is 0 Å². The van der Waals surface area contributed by atoms with Crippen molar-refractivity contribution in [3.05, 3.63) is 59.7 Å². The number of hydrogen-bond donors (Lipinski definition) is 0. The normalized spacial score (nSPS) is 11.8. The Labute approximate surface area is 173 Å². The zero-order chi connectivity index (χ0) is 21.2. The van der Waals surface area contributed by atoms with E-state index in [0.29, 0.717) is 12.0 Å². The first-order valence-corrected chi connectivity index (χ1v) is 10.6. The minimum atomic E-state index is -0.964. The van der Waals surface area contributed by atoms with E-state index < -0.39 is 17.6 Å². The van der Waals surface area contributed by atoms with Gasteiger partial charge in [-0.15, -0.1) is 0 Å². The van der Waals surface area contributed by atoms with Crippen molar-refractivity contribution in [2.75, 3.05) is 0 Å². The van der Waals surface area contributed by atoms with E-state index in [1.807, 2.05) is 0 Å². The summed E-state index contributed by atoms with van der Waals surface area (Å²) in [5.41, 5.74) is 0.330. The van der Waals surface area contributed by atoms with Crippen molar-refractivity contribution in [2.45, 2.75) is 77.6 Å². The molecule has 0 N–H and O–H groups in total. The quantitative estimate of drug-likeness (QED) is 0.101. The number of hydrogen-bond acceptors (Lipinski definition) is 3. The standard InChI is InChI=1S/C24H33F2NO2/c1-2-3-4-5-6-7-8-9-10-11-12-13-14-15-16-24(28)29-27-20-21-17-18-22(25)23(26)19-21/h6-7,9-10,17-20H,2-5,8,11-16H2,1H3/b7-6-,10-9-,27-20+. The molecule has 0 spiro atoms. The molecule has 1 rings (SSSR count). The molecule has 0 aliphatic carbocycles. The average Bonchev–Trinajstić information content (AvgIpc) is 2.71. The summed E-state index contributed by atoms with van der Waals surface area (Å²) in [6.07, 6.45) is 21.4. The number of rotatable bonds is 15. The van der Waals surface area contributed by atoms with E-state index in [2.05, 4.69) is 36.4 Å². The van der Waals surface area contributed by atoms with E-state index in [1.54, 1.807) is 0 Å². The number of carbonyl (C=O) groups excluding carboxylic acids is 1. The third-order valence-corrected chi connectivity index (χ3v) is 4.38. The van der Waals surface area contributed by atoms with Gasteiger partial charge >= 0.3 is 5.97 Å². The van der Waals surface area contributed by atoms with E-state index in [0.717, 1.165) is 50.7 Å². The molecule has 0 saturated carbocycles. The van der Waals surface area contributed by atoms with Gasteiger partial charge in [0.1, 0.15) is 0 Å². The molecule has 0 fully saturated rings. The van der Waals surface area contributed by atoms with Gasteiger partial charge in [-0.25, -0.2) is 13.6 Å². The third kappa shape index (κ3) is 13.5. The monoisotopic (exact) mass is 405 g/mol. The van der Waals surface area contributed by atoms with Crippen LogP contribution in [-0.4, -0.2) is 12.2 Å². The van der Waals surface area contributed by atoms with E-state index in [-0.39, 0.29) is 0 Å². The van der Waals surface area contributed by atoms with Gasteiger partial charge in [-0.2, -0.15) is 0 Å². The van der Waals surface area contributed by atoms with Gasteiger partial charge in [-0.05, 0) is 56.2 Å². The highest BCUT2D eigenvalue weighted by Crippen LogP contribution is 2.09. The first kappa shape index (κ1) is 24.7. The van der Waals surface area contributed by atoms with Gasteiger partial charge in [-0.1, -0.05) is 68.1 Å². The lowest BCUT2D eigenvalue weighted by Crippen LogP contribution is -2.00. The second-order valence-electron chi connectivity index (χ2n) is 7.00. The summed E-state index contributed by atoms with van der Waals surface area (Å²) >= 11 is 0. The van der Waals surface area contributed by atoms with Crippen LogP contribution in [-0.2, 0) is 9.63 Å². The maximum atomic E-state index is 13.0. The van der Waals surface area contributed by atoms with Crippen LogP contribution in [0.25, 0.3) is 0 Å². The van der Waals surface area contributed by atoms with Gasteiger partial charge in [-0.3, -0.25) is 0 Å². The molecule has 5 heteroatoms. The van der Waals surface area contributed by atoms with Crippen LogP contribution < -0.4 is 0 Å². The molecule has 0 unspecified atom stereocenters. The smallest absolute Gasteiger partial charge is 0.318 e. The van der Waals surface area contributed by atoms with E-state index in [4.69, 9.17) is 4.84 Å². The molecule has 3 nitrogen and oxygen atoms in total. The van der Waals surface area contributed by atoms with E-state index in [1.165, 1.54) is 38.0 Å². The lowest BCUT2D eigenvalue weighted by molar-refractivity contribution is -0.143. The maximum absolute atomic E-state index is 13.0. The summed E-state index contributed by atoms with van der Waals surface area (Å²) in [4.78, 5) is 16.3. The molecule has 160 valence electrons. The fraction of sp³-hybridized carbons (Fsp3) is 0.500. The van der Waals surface area contributed by atoms with Crippen molar-refractivity contribution in [3.63, 3.8) is 0 Å². The summed E-state index contributed by atoms with van der Waals surface area (Å²) in [5.74, 6) is -2.31. The largest absolute Gasteiger partial charge is 0.335 e. The van der Waals surface area contributed by atoms with Crippen LogP contribution >= 0.6 is 0 Å². The molecule has 0 amide bonds. The highest BCUT2D eigenvalue weighted by atomic mass is 19.2. The van der Waals surface area contributed by atoms with E-state index in [9.17, 15) is 13.6 Å². The number of allylic oxidation sites excluding steroid dienone is 4. The lowest BCUT2D eigenvalue weighted by atomic mass is 10.1. The predicted octanol–water partition coefficient (Wildman–Crippen LogP) is 7.27. The van der Waals surface area contributed by atoms with Crippen LogP contribution in [0.15, 0.2) is 47.7 Å². The van der Waals surface area contributed by atoms with Gasteiger partial charge in [0.25, 0.3) is 0 Å². The molecular formula is C24H33F2NO2. The fourth-order valence-corrected chi connectivity index (χ4v) is 2.69. The molecule has 0 aliphatic rings. The third-order valence-electron chi connectivity index (χ3n) is 4.38. The van der Waals surface area contributed by atoms with Crippen LogP contribution in [0.4, 0.5) is 8.78 Å². The zero-order valence-corrected chi connectivity index (χ0v) is 17.4. The number of unbranched alkanes of at least 4 members (excludes halogenated alkanes) is 7. The summed E-state index contributed by atoms with van der Waals surface area (Å²) in [5, 5.41) is 3.52. The van der Waals surface area contributed by atoms with Gasteiger partial charge < -0.3 is 4.84 Å². The van der Waals surface area contributed by atoms with Crippen LogP contribution in [0.2, 0.25) is 0 Å². The first-order valence-electron chi connectivity index (χ1n) is 10.6. The second-order valence-corrected chi connectivity index (χ2v) is 7.00. The molecule has 0 saturated heterocycles. The number of oxime groups is 1. The van der Waals surface area contributed by atoms with Gasteiger partial charge in [0, 0.05) is 6.42 Å². The molecule has 0 bridgehead atoms. The van der Waals surface area contributed by atoms with Crippen LogP contribution in [0.5, 0.6) is 0 Å². The topological polar surface area (TPSA) is 38.7 Å². The Kier molecular flexibility index (Phi) is 14.2. The number of benzene rings is 1. The van der Waals surface area contributed by atoms with Crippen LogP contribution in [0.1, 0.15) is 83.1 Å². The molecule has 0 aliphatic heterocycles. The summed E-state index contributed by atoms with van der Waals surface area (Å²) < 4.78 is 25.8. The Hall–Kier alpha value is -2.30. The maximum Gasteiger partial charge on any atom is 0.335 e. The van der Waals surface area contributed by atoms with Crippen molar-refractivity contribution in [3.8, 4) is 0 Å². The van der Waals surface area contributed by atoms with Gasteiger partial charge in [0.2, 0.25) is 0 Å². The van der Waals surface area contributed by atoms with Crippen molar-refractivity contribution in [1.82, 2.24) is 0 Å². The first-order chi connectivity index (χ1) is 14.1. The van der Waals surface area contributed by atoms with Gasteiger partial charge in [0.05, 0.1) is 6.21 Å². The highest BCUT2D eigenvalue weighted by Gasteiger charge is 2.03. The Morgan fingerprint density at radius 2 is 1.62 bits per heavy atom. The van der Waals surface area contributed by atoms with Crippen molar-refractivity contribution in [2.24, 2.45) is 5.16 Å². The molecular weight excluding hydrogens is 372 g/mol. The molecule has 0 aromatic heterocycles. The number of carbonyl (C=O) groups is 1. The number of nitrogens with zero attached hydrogens (tertiary/aromatic N) is 1. The zero-order valence-electron chi connectivity index (χ0n) is 17.4. The fourth-order valence-electron chi connectivity index (χ4n) is 2.69. The Bertz CT molecular complexity index is 669. The Morgan fingerprint density at radius 1 is 0.931 bits per heavy atom. The Morgan fingerprint density at radius 3 is 2.31 bits per heavy atom. The molecule has 1 aromatic rings. The summed E-state index contributed by atoms with van der Waals surface area (Å²) in [6.45, 7) is 2.22. The van der Waals surface area contributed by atoms with Crippen molar-refractivity contribution >= 4 is 12.2 Å². The molecule has 29 heavy (non-hydrogen) atoms. The van der Waals surface area contributed by atoms with Crippen LogP contribution in [0.3, 0.4) is 0 Å². The van der Waals surface area contributed by atoms with Crippen molar-refractivity contribution < 1.29 is 18.4 Å². The molecule has 0 atom stereocenters. The number of halogens is 2. The average molecular weight is 406 g/mol. The molecule has 0 radical (unpaired) electrons. The van der Waals surface area contributed by atoms with E-state index >= 15 is 0 Å².